The van der Waals surface area contributed by atoms with Gasteiger partial charge in [-0.25, -0.2) is 4.98 Å². The van der Waals surface area contributed by atoms with E-state index >= 15 is 0 Å². The molecule has 1 saturated heterocycles. The average Bonchev–Trinajstić information content (AvgIpc) is 3.24. The Morgan fingerprint density at radius 3 is 2.07 bits per heavy atom. The predicted molar refractivity (Wildman–Crippen MR) is 130 cm³/mol. The SMILES string of the molecule is CSc1ccc2nc(N3CCN(C(c4ccccc4)c4ccccc4)CC3)sc2c1. The van der Waals surface area contributed by atoms with Crippen LogP contribution in [0.15, 0.2) is 83.8 Å². The van der Waals surface area contributed by atoms with Gasteiger partial charge in [-0.1, -0.05) is 72.0 Å². The summed E-state index contributed by atoms with van der Waals surface area (Å²) in [5.41, 5.74) is 3.84. The Labute approximate surface area is 186 Å². The lowest BCUT2D eigenvalue weighted by atomic mass is 9.96. The van der Waals surface area contributed by atoms with Crippen LogP contribution in [0.3, 0.4) is 0 Å². The van der Waals surface area contributed by atoms with Gasteiger partial charge in [0.2, 0.25) is 0 Å². The average molecular weight is 432 g/mol. The number of benzene rings is 3. The molecule has 1 aromatic heterocycles. The van der Waals surface area contributed by atoms with Crippen molar-refractivity contribution in [2.24, 2.45) is 0 Å². The molecule has 152 valence electrons. The van der Waals surface area contributed by atoms with Gasteiger partial charge >= 0.3 is 0 Å². The number of nitrogens with zero attached hydrogens (tertiary/aromatic N) is 3. The van der Waals surface area contributed by atoms with Crippen LogP contribution < -0.4 is 4.90 Å². The highest BCUT2D eigenvalue weighted by Gasteiger charge is 2.27. The second-order valence-corrected chi connectivity index (χ2v) is 9.47. The standard InChI is InChI=1S/C25H25N3S2/c1-29-21-12-13-22-23(18-21)30-25(26-22)28-16-14-27(15-17-28)24(19-8-4-2-5-9-19)20-10-6-3-7-11-20/h2-13,18,24H,14-17H2,1H3. The lowest BCUT2D eigenvalue weighted by molar-refractivity contribution is 0.212. The van der Waals surface area contributed by atoms with E-state index in [4.69, 9.17) is 4.98 Å². The zero-order valence-corrected chi connectivity index (χ0v) is 18.7. The van der Waals surface area contributed by atoms with Gasteiger partial charge in [0.05, 0.1) is 16.3 Å². The van der Waals surface area contributed by atoms with E-state index in [0.717, 1.165) is 36.8 Å². The van der Waals surface area contributed by atoms with Crippen molar-refractivity contribution in [2.45, 2.75) is 10.9 Å². The Morgan fingerprint density at radius 2 is 1.47 bits per heavy atom. The van der Waals surface area contributed by atoms with E-state index in [9.17, 15) is 0 Å². The molecule has 30 heavy (non-hydrogen) atoms. The minimum absolute atomic E-state index is 0.300. The molecule has 3 nitrogen and oxygen atoms in total. The van der Waals surface area contributed by atoms with E-state index in [1.165, 1.54) is 20.7 Å². The van der Waals surface area contributed by atoms with Crippen LogP contribution in [0.5, 0.6) is 0 Å². The van der Waals surface area contributed by atoms with Crippen LogP contribution in [0, 0.1) is 0 Å². The maximum Gasteiger partial charge on any atom is 0.186 e. The summed E-state index contributed by atoms with van der Waals surface area (Å²) < 4.78 is 1.28. The first-order valence-electron chi connectivity index (χ1n) is 10.4. The Morgan fingerprint density at radius 1 is 0.833 bits per heavy atom. The molecule has 0 amide bonds. The predicted octanol–water partition coefficient (Wildman–Crippen LogP) is 5.93. The molecule has 5 heteroatoms. The summed E-state index contributed by atoms with van der Waals surface area (Å²) in [5, 5.41) is 1.15. The maximum atomic E-state index is 4.91. The molecule has 0 atom stereocenters. The summed E-state index contributed by atoms with van der Waals surface area (Å²) >= 11 is 3.61. The van der Waals surface area contributed by atoms with Gasteiger partial charge in [0, 0.05) is 31.1 Å². The molecule has 0 N–H and O–H groups in total. The molecule has 4 aromatic rings. The zero-order valence-electron chi connectivity index (χ0n) is 17.1. The summed E-state index contributed by atoms with van der Waals surface area (Å²) in [7, 11) is 0. The number of rotatable bonds is 5. The van der Waals surface area contributed by atoms with Gasteiger partial charge < -0.3 is 4.90 Å². The van der Waals surface area contributed by atoms with Crippen molar-refractivity contribution < 1.29 is 0 Å². The van der Waals surface area contributed by atoms with Crippen molar-refractivity contribution in [1.82, 2.24) is 9.88 Å². The third kappa shape index (κ3) is 3.97. The van der Waals surface area contributed by atoms with Gasteiger partial charge in [0.15, 0.2) is 5.13 Å². The van der Waals surface area contributed by atoms with Gasteiger partial charge in [0.25, 0.3) is 0 Å². The second-order valence-electron chi connectivity index (χ2n) is 7.58. The van der Waals surface area contributed by atoms with Gasteiger partial charge in [0.1, 0.15) is 0 Å². The Kier molecular flexibility index (Phi) is 5.75. The molecule has 0 aliphatic carbocycles. The lowest BCUT2D eigenvalue weighted by Crippen LogP contribution is -2.47. The highest BCUT2D eigenvalue weighted by Crippen LogP contribution is 2.34. The molecule has 0 spiro atoms. The number of hydrogen-bond donors (Lipinski definition) is 0. The normalized spacial score (nSPS) is 15.2. The summed E-state index contributed by atoms with van der Waals surface area (Å²) in [6.07, 6.45) is 2.12. The van der Waals surface area contributed by atoms with Crippen LogP contribution in [0.1, 0.15) is 17.2 Å². The van der Waals surface area contributed by atoms with E-state index in [0.29, 0.717) is 6.04 Å². The Hall–Kier alpha value is -2.34. The molecule has 5 rings (SSSR count). The molecule has 0 bridgehead atoms. The molecule has 1 aliphatic heterocycles. The molecule has 1 fully saturated rings. The molecular formula is C25H25N3S2. The quantitative estimate of drug-likeness (QED) is 0.365. The topological polar surface area (TPSA) is 19.4 Å². The van der Waals surface area contributed by atoms with Gasteiger partial charge in [-0.2, -0.15) is 0 Å². The molecule has 1 aliphatic rings. The molecule has 0 saturated carbocycles. The Bertz CT molecular complexity index is 1060. The highest BCUT2D eigenvalue weighted by atomic mass is 32.2. The largest absolute Gasteiger partial charge is 0.345 e. The fourth-order valence-electron chi connectivity index (χ4n) is 4.21. The number of thioether (sulfide) groups is 1. The maximum absolute atomic E-state index is 4.91. The first-order chi connectivity index (χ1) is 14.8. The summed E-state index contributed by atoms with van der Waals surface area (Å²) in [4.78, 5) is 11.3. The van der Waals surface area contributed by atoms with Gasteiger partial charge in [-0.3, -0.25) is 4.90 Å². The molecule has 0 radical (unpaired) electrons. The van der Waals surface area contributed by atoms with Crippen molar-refractivity contribution in [3.63, 3.8) is 0 Å². The summed E-state index contributed by atoms with van der Waals surface area (Å²) in [6, 6.07) is 28.7. The van der Waals surface area contributed by atoms with E-state index in [2.05, 4.69) is 94.9 Å². The highest BCUT2D eigenvalue weighted by molar-refractivity contribution is 7.98. The van der Waals surface area contributed by atoms with Crippen LogP contribution in [0.4, 0.5) is 5.13 Å². The Balaban J connectivity index is 1.36. The van der Waals surface area contributed by atoms with Crippen molar-refractivity contribution in [3.8, 4) is 0 Å². The van der Waals surface area contributed by atoms with Crippen molar-refractivity contribution in [2.75, 3.05) is 37.3 Å². The van der Waals surface area contributed by atoms with Crippen molar-refractivity contribution in [1.29, 1.82) is 0 Å². The van der Waals surface area contributed by atoms with Crippen LogP contribution in [-0.4, -0.2) is 42.3 Å². The van der Waals surface area contributed by atoms with E-state index in [1.807, 2.05) is 11.3 Å². The molecule has 0 unspecified atom stereocenters. The number of anilines is 1. The molecule has 3 aromatic carbocycles. The van der Waals surface area contributed by atoms with Crippen LogP contribution in [-0.2, 0) is 0 Å². The van der Waals surface area contributed by atoms with Crippen LogP contribution >= 0.6 is 23.1 Å². The monoisotopic (exact) mass is 431 g/mol. The first-order valence-corrected chi connectivity index (χ1v) is 12.4. The van der Waals surface area contributed by atoms with Crippen LogP contribution in [0.25, 0.3) is 10.2 Å². The lowest BCUT2D eigenvalue weighted by Gasteiger charge is -2.39. The third-order valence-corrected chi connectivity index (χ3v) is 7.57. The van der Waals surface area contributed by atoms with Gasteiger partial charge in [-0.15, -0.1) is 11.8 Å². The van der Waals surface area contributed by atoms with E-state index in [1.54, 1.807) is 11.8 Å². The van der Waals surface area contributed by atoms with Crippen LogP contribution in [0.2, 0.25) is 0 Å². The third-order valence-electron chi connectivity index (χ3n) is 5.76. The summed E-state index contributed by atoms with van der Waals surface area (Å²) in [5.74, 6) is 0. The number of hydrogen-bond acceptors (Lipinski definition) is 5. The van der Waals surface area contributed by atoms with Gasteiger partial charge in [-0.05, 0) is 35.6 Å². The number of thiazole rings is 1. The second kappa shape index (κ2) is 8.80. The number of piperazine rings is 1. The smallest absolute Gasteiger partial charge is 0.186 e. The van der Waals surface area contributed by atoms with E-state index in [-0.39, 0.29) is 0 Å². The van der Waals surface area contributed by atoms with E-state index < -0.39 is 0 Å². The zero-order chi connectivity index (χ0) is 20.3. The minimum Gasteiger partial charge on any atom is -0.345 e. The number of aromatic nitrogens is 1. The van der Waals surface area contributed by atoms with Crippen molar-refractivity contribution >= 4 is 38.4 Å². The molecule has 2 heterocycles. The number of fused-ring (bicyclic) bond motifs is 1. The molecular weight excluding hydrogens is 406 g/mol. The van der Waals surface area contributed by atoms with Crippen molar-refractivity contribution in [3.05, 3.63) is 90.0 Å². The first kappa shape index (κ1) is 19.6. The summed E-state index contributed by atoms with van der Waals surface area (Å²) in [6.45, 7) is 4.07. The minimum atomic E-state index is 0.300. The fourth-order valence-corrected chi connectivity index (χ4v) is 5.78. The fraction of sp³-hybridized carbons (Fsp3) is 0.240.